The van der Waals surface area contributed by atoms with Gasteiger partial charge in [0.05, 0.1) is 18.9 Å². The lowest BCUT2D eigenvalue weighted by molar-refractivity contribution is -0.0216. The van der Waals surface area contributed by atoms with Crippen LogP contribution in [0, 0.1) is 5.95 Å². The normalized spacial score (nSPS) is 21.9. The van der Waals surface area contributed by atoms with Crippen LogP contribution in [0.25, 0.3) is 0 Å². The summed E-state index contributed by atoms with van der Waals surface area (Å²) in [5, 5.41) is 0. The van der Waals surface area contributed by atoms with Crippen LogP contribution in [0.2, 0.25) is 0 Å². The molecule has 2 rings (SSSR count). The number of primary amides is 1. The molecule has 11 heteroatoms. The molecule has 2 atom stereocenters. The first-order valence-corrected chi connectivity index (χ1v) is 7.09. The number of amides is 1. The second-order valence-corrected chi connectivity index (χ2v) is 5.09. The Hall–Kier alpha value is -1.45. The lowest BCUT2D eigenvalue weighted by atomic mass is 10.2. The highest BCUT2D eigenvalue weighted by molar-refractivity contribution is 7.39. The van der Waals surface area contributed by atoms with Gasteiger partial charge in [0.25, 0.3) is 11.5 Å². The molecule has 1 aromatic heterocycles. The van der Waals surface area contributed by atoms with Gasteiger partial charge in [0.15, 0.2) is 5.69 Å². The Labute approximate surface area is 119 Å². The Morgan fingerprint density at radius 3 is 2.95 bits per heavy atom. The lowest BCUT2D eigenvalue weighted by Gasteiger charge is -2.16. The maximum absolute atomic E-state index is 13.4. The number of aromatic nitrogens is 2. The number of rotatable bonds is 5. The van der Waals surface area contributed by atoms with Gasteiger partial charge in [-0.2, -0.15) is 4.39 Å². The summed E-state index contributed by atoms with van der Waals surface area (Å²) in [6.45, 7) is -0.0692. The number of carbonyl (C=O) groups is 1. The number of halogens is 1. The van der Waals surface area contributed by atoms with Gasteiger partial charge in [-0.3, -0.25) is 14.2 Å². The molecule has 2 unspecified atom stereocenters. The summed E-state index contributed by atoms with van der Waals surface area (Å²) in [6.07, 6.45) is 0.387. The highest BCUT2D eigenvalue weighted by Crippen LogP contribution is 2.31. The molecular weight excluding hydrogens is 308 g/mol. The molecule has 21 heavy (non-hydrogen) atoms. The van der Waals surface area contributed by atoms with Gasteiger partial charge in [-0.15, -0.1) is 0 Å². The molecule has 0 saturated carbocycles. The van der Waals surface area contributed by atoms with E-state index < -0.39 is 44.0 Å². The van der Waals surface area contributed by atoms with Gasteiger partial charge < -0.3 is 24.8 Å². The third kappa shape index (κ3) is 3.80. The number of carbonyl (C=O) groups excluding carboxylic acids is 1. The van der Waals surface area contributed by atoms with E-state index in [0.717, 1.165) is 10.8 Å². The topological polar surface area (TPSA) is 137 Å². The highest BCUT2D eigenvalue weighted by Gasteiger charge is 2.29. The van der Waals surface area contributed by atoms with Crippen LogP contribution in [-0.4, -0.2) is 38.0 Å². The third-order valence-corrected chi connectivity index (χ3v) is 3.29. The summed E-state index contributed by atoms with van der Waals surface area (Å²) in [4.78, 5) is 43.5. The maximum atomic E-state index is 13.4. The zero-order chi connectivity index (χ0) is 15.6. The van der Waals surface area contributed by atoms with Crippen molar-refractivity contribution in [3.05, 3.63) is 28.2 Å². The fourth-order valence-electron chi connectivity index (χ4n) is 2.02. The zero-order valence-electron chi connectivity index (χ0n) is 10.7. The first kappa shape index (κ1) is 15.9. The molecule has 1 amide bonds. The van der Waals surface area contributed by atoms with Gasteiger partial charge in [0, 0.05) is 0 Å². The number of nitrogens with two attached hydrogens (primary N) is 1. The molecule has 1 fully saturated rings. The summed E-state index contributed by atoms with van der Waals surface area (Å²) < 4.78 is 24.3. The molecule has 0 radical (unpaired) electrons. The quantitative estimate of drug-likeness (QED) is 0.615. The van der Waals surface area contributed by atoms with Gasteiger partial charge in [-0.05, 0) is 12.8 Å². The molecule has 9 nitrogen and oxygen atoms in total. The summed E-state index contributed by atoms with van der Waals surface area (Å²) in [7, 11) is -2.49. The summed E-state index contributed by atoms with van der Waals surface area (Å²) in [6, 6.07) is 0. The van der Waals surface area contributed by atoms with Crippen molar-refractivity contribution < 1.29 is 28.2 Å². The molecule has 0 bridgehead atoms. The molecule has 0 spiro atoms. The molecule has 2 heterocycles. The Balaban J connectivity index is 2.16. The fourth-order valence-corrected chi connectivity index (χ4v) is 2.32. The first-order chi connectivity index (χ1) is 9.88. The zero-order valence-corrected chi connectivity index (χ0v) is 11.6. The van der Waals surface area contributed by atoms with Crippen molar-refractivity contribution in [3.63, 3.8) is 0 Å². The Bertz CT molecular complexity index is 595. The summed E-state index contributed by atoms with van der Waals surface area (Å²) in [5.74, 6) is -2.15. The van der Waals surface area contributed by atoms with Crippen molar-refractivity contribution in [2.24, 2.45) is 5.73 Å². The van der Waals surface area contributed by atoms with Gasteiger partial charge in [-0.25, -0.2) is 4.98 Å². The van der Waals surface area contributed by atoms with Crippen LogP contribution in [0.5, 0.6) is 0 Å². The van der Waals surface area contributed by atoms with E-state index in [1.54, 1.807) is 0 Å². The smallest absolute Gasteiger partial charge is 0.327 e. The molecule has 1 aliphatic heterocycles. The summed E-state index contributed by atoms with van der Waals surface area (Å²) in [5.41, 5.74) is 3.42. The average Bonchev–Trinajstić information content (AvgIpc) is 2.87. The van der Waals surface area contributed by atoms with E-state index >= 15 is 0 Å². The van der Waals surface area contributed by atoms with Gasteiger partial charge >= 0.3 is 8.60 Å². The van der Waals surface area contributed by atoms with Crippen LogP contribution in [-0.2, 0) is 9.26 Å². The van der Waals surface area contributed by atoms with E-state index in [1.165, 1.54) is 0 Å². The minimum absolute atomic E-state index is 0.0692. The van der Waals surface area contributed by atoms with Crippen molar-refractivity contribution in [1.82, 2.24) is 9.55 Å². The molecule has 4 N–H and O–H groups in total. The SMILES string of the molecule is NC(=O)c1nc(F)cn(C2CCC(COP(O)O)O2)c1=O. The van der Waals surface area contributed by atoms with Crippen LogP contribution in [0.15, 0.2) is 11.0 Å². The van der Waals surface area contributed by atoms with E-state index in [-0.39, 0.29) is 6.61 Å². The average molecular weight is 321 g/mol. The minimum Gasteiger partial charge on any atom is -0.364 e. The standard InChI is InChI=1S/C10H13FN3O6P/c11-6-3-14(10(16)8(13-6)9(12)15)7-2-1-5(20-7)4-19-21(17)18/h3,5,7,17-18H,1-2,4H2,(H2,12,15). The Morgan fingerprint density at radius 2 is 2.33 bits per heavy atom. The lowest BCUT2D eigenvalue weighted by Crippen LogP contribution is -2.34. The van der Waals surface area contributed by atoms with E-state index in [2.05, 4.69) is 9.51 Å². The van der Waals surface area contributed by atoms with Crippen LogP contribution >= 0.6 is 8.60 Å². The van der Waals surface area contributed by atoms with Crippen molar-refractivity contribution in [2.45, 2.75) is 25.2 Å². The number of nitrogens with zero attached hydrogens (tertiary/aromatic N) is 2. The maximum Gasteiger partial charge on any atom is 0.327 e. The second kappa shape index (κ2) is 6.54. The third-order valence-electron chi connectivity index (χ3n) is 2.91. The minimum atomic E-state index is -2.49. The first-order valence-electron chi connectivity index (χ1n) is 5.93. The molecular formula is C10H13FN3O6P. The fraction of sp³-hybridized carbons (Fsp3) is 0.500. The predicted octanol–water partition coefficient (Wildman–Crippen LogP) is -0.613. The molecule has 0 aromatic carbocycles. The molecule has 1 saturated heterocycles. The van der Waals surface area contributed by atoms with Crippen LogP contribution in [0.4, 0.5) is 4.39 Å². The molecule has 116 valence electrons. The van der Waals surface area contributed by atoms with E-state index in [1.807, 2.05) is 0 Å². The number of hydrogen-bond acceptors (Lipinski definition) is 7. The van der Waals surface area contributed by atoms with Crippen LogP contribution in [0.1, 0.15) is 29.6 Å². The van der Waals surface area contributed by atoms with Gasteiger partial charge in [0.2, 0.25) is 5.95 Å². The Kier molecular flexibility index (Phi) is 4.96. The van der Waals surface area contributed by atoms with Gasteiger partial charge in [-0.1, -0.05) is 0 Å². The van der Waals surface area contributed by atoms with Crippen molar-refractivity contribution in [2.75, 3.05) is 6.61 Å². The Morgan fingerprint density at radius 1 is 1.62 bits per heavy atom. The number of hydrogen-bond donors (Lipinski definition) is 3. The molecule has 1 aliphatic rings. The van der Waals surface area contributed by atoms with E-state index in [0.29, 0.717) is 12.8 Å². The number of ether oxygens (including phenoxy) is 1. The summed E-state index contributed by atoms with van der Waals surface area (Å²) >= 11 is 0. The van der Waals surface area contributed by atoms with Crippen molar-refractivity contribution in [3.8, 4) is 0 Å². The second-order valence-electron chi connectivity index (χ2n) is 4.33. The monoisotopic (exact) mass is 321 g/mol. The predicted molar refractivity (Wildman–Crippen MR) is 67.4 cm³/mol. The van der Waals surface area contributed by atoms with Gasteiger partial charge in [0.1, 0.15) is 6.23 Å². The molecule has 0 aliphatic carbocycles. The molecule has 1 aromatic rings. The van der Waals surface area contributed by atoms with E-state index in [4.69, 9.17) is 20.3 Å². The van der Waals surface area contributed by atoms with Crippen molar-refractivity contribution >= 4 is 14.5 Å². The van der Waals surface area contributed by atoms with Crippen molar-refractivity contribution in [1.29, 1.82) is 0 Å². The van der Waals surface area contributed by atoms with Crippen LogP contribution < -0.4 is 11.3 Å². The van der Waals surface area contributed by atoms with Crippen LogP contribution in [0.3, 0.4) is 0 Å². The largest absolute Gasteiger partial charge is 0.364 e. The van der Waals surface area contributed by atoms with E-state index in [9.17, 15) is 14.0 Å². The highest BCUT2D eigenvalue weighted by atomic mass is 31.2.